The Balaban J connectivity index is 2.74. The van der Waals surface area contributed by atoms with Crippen molar-refractivity contribution in [1.29, 1.82) is 0 Å². The first kappa shape index (κ1) is 10.5. The van der Waals surface area contributed by atoms with Gasteiger partial charge in [-0.3, -0.25) is 10.1 Å². The number of unbranched alkanes of at least 4 members (excludes halogenated alkanes) is 5. The summed E-state index contributed by atoms with van der Waals surface area (Å²) >= 11 is 0. The molecule has 0 saturated heterocycles. The van der Waals surface area contributed by atoms with Crippen LogP contribution in [0.1, 0.15) is 45.4 Å². The summed E-state index contributed by atoms with van der Waals surface area (Å²) in [7, 11) is 0. The minimum atomic E-state index is 0.645. The quantitative estimate of drug-likeness (QED) is 0.391. The molecular formula is C9H18NO. The van der Waals surface area contributed by atoms with Gasteiger partial charge >= 0.3 is 0 Å². The van der Waals surface area contributed by atoms with Gasteiger partial charge in [-0.1, -0.05) is 39.0 Å². The zero-order valence-corrected chi connectivity index (χ0v) is 7.38. The lowest BCUT2D eigenvalue weighted by atomic mass is 10.1. The van der Waals surface area contributed by atoms with E-state index in [1.165, 1.54) is 32.1 Å². The molecule has 0 fully saturated rings. The molecule has 0 aromatic carbocycles. The molecule has 0 aliphatic rings. The molecule has 0 spiro atoms. The molecule has 0 bridgehead atoms. The summed E-state index contributed by atoms with van der Waals surface area (Å²) in [6.45, 7) is 2.93. The predicted octanol–water partition coefficient (Wildman–Crippen LogP) is 2.11. The van der Waals surface area contributed by atoms with Crippen molar-refractivity contribution in [2.75, 3.05) is 6.54 Å². The second-order valence-electron chi connectivity index (χ2n) is 2.78. The highest BCUT2D eigenvalue weighted by Gasteiger charge is 1.89. The highest BCUT2D eigenvalue weighted by Crippen LogP contribution is 2.03. The van der Waals surface area contributed by atoms with Crippen LogP contribution in [0.25, 0.3) is 0 Å². The van der Waals surface area contributed by atoms with Crippen molar-refractivity contribution in [1.82, 2.24) is 5.32 Å². The van der Waals surface area contributed by atoms with Gasteiger partial charge in [-0.2, -0.15) is 0 Å². The van der Waals surface area contributed by atoms with Gasteiger partial charge in [-0.15, -0.1) is 0 Å². The maximum absolute atomic E-state index is 9.77. The Labute approximate surface area is 69.4 Å². The first-order valence-corrected chi connectivity index (χ1v) is 4.52. The number of rotatable bonds is 8. The van der Waals surface area contributed by atoms with E-state index in [2.05, 4.69) is 12.2 Å². The summed E-state index contributed by atoms with van der Waals surface area (Å²) in [6.07, 6.45) is 8.19. The molecule has 11 heavy (non-hydrogen) atoms. The standard InChI is InChI=1S/C9H18NO/c1-2-3-4-5-6-7-8-10-9-11/h9H,2-8H2,1H3. The number of nitrogens with zero attached hydrogens (tertiary/aromatic N) is 1. The van der Waals surface area contributed by atoms with E-state index in [4.69, 9.17) is 0 Å². The summed E-state index contributed by atoms with van der Waals surface area (Å²) < 4.78 is 0. The molecular weight excluding hydrogens is 138 g/mol. The van der Waals surface area contributed by atoms with Crippen LogP contribution in [0.3, 0.4) is 0 Å². The molecule has 2 nitrogen and oxygen atoms in total. The number of carbonyl (C=O) groups excluding carboxylic acids is 1. The monoisotopic (exact) mass is 156 g/mol. The van der Waals surface area contributed by atoms with E-state index < -0.39 is 0 Å². The van der Waals surface area contributed by atoms with Crippen LogP contribution >= 0.6 is 0 Å². The summed E-state index contributed by atoms with van der Waals surface area (Å²) in [5.74, 6) is 0. The smallest absolute Gasteiger partial charge is 0.228 e. The van der Waals surface area contributed by atoms with E-state index in [0.29, 0.717) is 6.41 Å². The molecule has 0 atom stereocenters. The Bertz CT molecular complexity index is 83.6. The predicted molar refractivity (Wildman–Crippen MR) is 46.4 cm³/mol. The van der Waals surface area contributed by atoms with Gasteiger partial charge in [0.15, 0.2) is 0 Å². The first-order valence-electron chi connectivity index (χ1n) is 4.52. The Morgan fingerprint density at radius 3 is 2.36 bits per heavy atom. The molecule has 0 aromatic rings. The molecule has 0 aliphatic carbocycles. The Kier molecular flexibility index (Phi) is 9.01. The van der Waals surface area contributed by atoms with Crippen molar-refractivity contribution < 1.29 is 4.79 Å². The fraction of sp³-hybridized carbons (Fsp3) is 0.889. The molecule has 65 valence electrons. The van der Waals surface area contributed by atoms with Crippen LogP contribution in [0.4, 0.5) is 0 Å². The van der Waals surface area contributed by atoms with E-state index in [0.717, 1.165) is 13.0 Å². The molecule has 0 N–H and O–H groups in total. The molecule has 0 aromatic heterocycles. The zero-order valence-electron chi connectivity index (χ0n) is 7.38. The number of amides is 1. The molecule has 2 heteroatoms. The van der Waals surface area contributed by atoms with Crippen LogP contribution in [-0.2, 0) is 4.79 Å². The van der Waals surface area contributed by atoms with E-state index in [1.54, 1.807) is 0 Å². The summed E-state index contributed by atoms with van der Waals surface area (Å²) in [4.78, 5) is 9.77. The minimum Gasteiger partial charge on any atom is -0.277 e. The third kappa shape index (κ3) is 9.47. The highest BCUT2D eigenvalue weighted by molar-refractivity contribution is 5.45. The SMILES string of the molecule is CCCCCCCC[N]C=O. The maximum atomic E-state index is 9.77. The van der Waals surface area contributed by atoms with Crippen LogP contribution in [0.15, 0.2) is 0 Å². The van der Waals surface area contributed by atoms with Gasteiger partial charge in [0, 0.05) is 6.54 Å². The molecule has 0 unspecified atom stereocenters. The fourth-order valence-electron chi connectivity index (χ4n) is 1.04. The Hall–Kier alpha value is -0.530. The average Bonchev–Trinajstić information content (AvgIpc) is 2.03. The van der Waals surface area contributed by atoms with Gasteiger partial charge in [0.05, 0.1) is 0 Å². The van der Waals surface area contributed by atoms with E-state index in [-0.39, 0.29) is 0 Å². The highest BCUT2D eigenvalue weighted by atomic mass is 16.1. The molecule has 0 saturated carbocycles. The van der Waals surface area contributed by atoms with Crippen molar-refractivity contribution in [3.05, 3.63) is 0 Å². The fourth-order valence-corrected chi connectivity index (χ4v) is 1.04. The number of hydrogen-bond acceptors (Lipinski definition) is 1. The van der Waals surface area contributed by atoms with E-state index in [1.807, 2.05) is 0 Å². The van der Waals surface area contributed by atoms with Gasteiger partial charge in [-0.05, 0) is 6.42 Å². The second-order valence-corrected chi connectivity index (χ2v) is 2.78. The topological polar surface area (TPSA) is 31.2 Å². The minimum absolute atomic E-state index is 0.645. The summed E-state index contributed by atoms with van der Waals surface area (Å²) in [6, 6.07) is 0. The molecule has 1 radical (unpaired) electrons. The van der Waals surface area contributed by atoms with Gasteiger partial charge in [-0.25, -0.2) is 0 Å². The van der Waals surface area contributed by atoms with Crippen LogP contribution in [0.2, 0.25) is 0 Å². The number of hydrogen-bond donors (Lipinski definition) is 0. The average molecular weight is 156 g/mol. The van der Waals surface area contributed by atoms with Gasteiger partial charge in [0.1, 0.15) is 0 Å². The Morgan fingerprint density at radius 1 is 1.09 bits per heavy atom. The normalized spacial score (nSPS) is 9.55. The van der Waals surface area contributed by atoms with Crippen molar-refractivity contribution in [2.24, 2.45) is 0 Å². The lowest BCUT2D eigenvalue weighted by Crippen LogP contribution is -2.02. The molecule has 0 heterocycles. The van der Waals surface area contributed by atoms with Crippen LogP contribution in [0, 0.1) is 0 Å². The summed E-state index contributed by atoms with van der Waals surface area (Å²) in [5, 5.41) is 3.61. The molecule has 0 aliphatic heterocycles. The lowest BCUT2D eigenvalue weighted by Gasteiger charge is -1.97. The third-order valence-corrected chi connectivity index (χ3v) is 1.72. The van der Waals surface area contributed by atoms with Crippen molar-refractivity contribution in [3.8, 4) is 0 Å². The van der Waals surface area contributed by atoms with Crippen molar-refractivity contribution >= 4 is 6.41 Å². The number of carbonyl (C=O) groups is 1. The van der Waals surface area contributed by atoms with Crippen molar-refractivity contribution in [3.63, 3.8) is 0 Å². The Morgan fingerprint density at radius 2 is 1.73 bits per heavy atom. The third-order valence-electron chi connectivity index (χ3n) is 1.72. The van der Waals surface area contributed by atoms with Gasteiger partial charge in [0.25, 0.3) is 0 Å². The second kappa shape index (κ2) is 9.47. The van der Waals surface area contributed by atoms with Gasteiger partial charge in [0.2, 0.25) is 6.41 Å². The molecule has 0 rings (SSSR count). The lowest BCUT2D eigenvalue weighted by molar-refractivity contribution is -0.109. The first-order chi connectivity index (χ1) is 5.41. The van der Waals surface area contributed by atoms with Crippen molar-refractivity contribution in [2.45, 2.75) is 45.4 Å². The largest absolute Gasteiger partial charge is 0.277 e. The zero-order chi connectivity index (χ0) is 8.36. The summed E-state index contributed by atoms with van der Waals surface area (Å²) in [5.41, 5.74) is 0. The molecule has 1 amide bonds. The van der Waals surface area contributed by atoms with Crippen LogP contribution < -0.4 is 5.32 Å². The van der Waals surface area contributed by atoms with Crippen LogP contribution in [0.5, 0.6) is 0 Å². The van der Waals surface area contributed by atoms with E-state index in [9.17, 15) is 4.79 Å². The van der Waals surface area contributed by atoms with Crippen LogP contribution in [-0.4, -0.2) is 13.0 Å². The van der Waals surface area contributed by atoms with E-state index >= 15 is 0 Å². The maximum Gasteiger partial charge on any atom is 0.228 e. The van der Waals surface area contributed by atoms with Gasteiger partial charge < -0.3 is 0 Å².